The molecule has 0 aliphatic heterocycles. The van der Waals surface area contributed by atoms with Gasteiger partial charge in [0.15, 0.2) is 0 Å². The van der Waals surface area contributed by atoms with Crippen molar-refractivity contribution in [3.8, 4) is 0 Å². The molecule has 78 valence electrons. The second-order valence-electron chi connectivity index (χ2n) is 4.15. The highest BCUT2D eigenvalue weighted by molar-refractivity contribution is 14.1. The van der Waals surface area contributed by atoms with Crippen LogP contribution >= 0.6 is 22.6 Å². The van der Waals surface area contributed by atoms with E-state index in [1.54, 1.807) is 0 Å². The van der Waals surface area contributed by atoms with E-state index in [9.17, 15) is 0 Å². The Bertz CT molecular complexity index is 283. The number of rotatable bonds is 4. The topological polar surface area (TPSA) is 12.0 Å². The van der Waals surface area contributed by atoms with Crippen molar-refractivity contribution in [2.75, 3.05) is 5.32 Å². The Morgan fingerprint density at radius 1 is 1.21 bits per heavy atom. The molecule has 0 amide bonds. The summed E-state index contributed by atoms with van der Waals surface area (Å²) in [5.74, 6) is 0.749. The smallest absolute Gasteiger partial charge is 0.0477 e. The molecule has 1 rings (SSSR count). The summed E-state index contributed by atoms with van der Waals surface area (Å²) in [7, 11) is 0. The summed E-state index contributed by atoms with van der Waals surface area (Å²) in [6.07, 6.45) is 1.21. The fourth-order valence-electron chi connectivity index (χ4n) is 1.61. The fourth-order valence-corrected chi connectivity index (χ4v) is 2.15. The molecule has 0 radical (unpaired) electrons. The van der Waals surface area contributed by atoms with Gasteiger partial charge in [-0.25, -0.2) is 0 Å². The second kappa shape index (κ2) is 5.59. The molecule has 0 saturated heterocycles. The molecule has 1 aromatic carbocycles. The molecule has 1 aromatic rings. The molecular formula is C12H18IN. The van der Waals surface area contributed by atoms with Gasteiger partial charge in [-0.3, -0.25) is 0 Å². The maximum atomic E-state index is 3.53. The van der Waals surface area contributed by atoms with Crippen LogP contribution in [0.4, 0.5) is 5.69 Å². The first kappa shape index (κ1) is 11.8. The highest BCUT2D eigenvalue weighted by Gasteiger charge is 2.05. The standard InChI is InChI=1S/C12H18IN/c1-9(2)8-10(3)14-12-7-5-4-6-11(12)13/h4-7,9-10,14H,8H2,1-3H3. The second-order valence-corrected chi connectivity index (χ2v) is 5.32. The summed E-state index contributed by atoms with van der Waals surface area (Å²) in [5, 5.41) is 3.53. The van der Waals surface area contributed by atoms with Crippen molar-refractivity contribution in [3.63, 3.8) is 0 Å². The Balaban J connectivity index is 2.56. The fraction of sp³-hybridized carbons (Fsp3) is 0.500. The monoisotopic (exact) mass is 303 g/mol. The van der Waals surface area contributed by atoms with Gasteiger partial charge in [-0.2, -0.15) is 0 Å². The summed E-state index contributed by atoms with van der Waals surface area (Å²) < 4.78 is 1.29. The van der Waals surface area contributed by atoms with Crippen LogP contribution in [0.15, 0.2) is 24.3 Å². The van der Waals surface area contributed by atoms with Crippen molar-refractivity contribution < 1.29 is 0 Å². The molecule has 0 fully saturated rings. The van der Waals surface area contributed by atoms with Crippen LogP contribution in [0.25, 0.3) is 0 Å². The zero-order chi connectivity index (χ0) is 10.6. The molecule has 0 spiro atoms. The number of hydrogen-bond donors (Lipinski definition) is 1. The quantitative estimate of drug-likeness (QED) is 0.824. The van der Waals surface area contributed by atoms with Crippen molar-refractivity contribution in [2.24, 2.45) is 5.92 Å². The van der Waals surface area contributed by atoms with E-state index >= 15 is 0 Å². The summed E-state index contributed by atoms with van der Waals surface area (Å²) in [4.78, 5) is 0. The lowest BCUT2D eigenvalue weighted by atomic mass is 10.1. The van der Waals surface area contributed by atoms with Gasteiger partial charge in [0.05, 0.1) is 0 Å². The number of anilines is 1. The summed E-state index contributed by atoms with van der Waals surface area (Å²) >= 11 is 2.36. The highest BCUT2D eigenvalue weighted by atomic mass is 127. The van der Waals surface area contributed by atoms with E-state index in [1.807, 2.05) is 0 Å². The first-order valence-corrected chi connectivity index (χ1v) is 6.18. The predicted octanol–water partition coefficient (Wildman–Crippen LogP) is 4.14. The van der Waals surface area contributed by atoms with Gasteiger partial charge in [0.2, 0.25) is 0 Å². The first-order valence-electron chi connectivity index (χ1n) is 5.10. The van der Waals surface area contributed by atoms with Crippen molar-refractivity contribution in [2.45, 2.75) is 33.2 Å². The third-order valence-electron chi connectivity index (χ3n) is 2.10. The molecule has 1 unspecified atom stereocenters. The van der Waals surface area contributed by atoms with Gasteiger partial charge in [0.25, 0.3) is 0 Å². The molecule has 0 aromatic heterocycles. The average Bonchev–Trinajstić information content (AvgIpc) is 2.07. The first-order chi connectivity index (χ1) is 6.59. The Morgan fingerprint density at radius 3 is 2.43 bits per heavy atom. The van der Waals surface area contributed by atoms with Crippen LogP contribution < -0.4 is 5.32 Å². The van der Waals surface area contributed by atoms with Crippen LogP contribution in [0, 0.1) is 9.49 Å². The summed E-state index contributed by atoms with van der Waals surface area (Å²) in [6.45, 7) is 6.76. The Labute approximate surface area is 100 Å². The maximum absolute atomic E-state index is 3.53. The zero-order valence-corrected chi connectivity index (χ0v) is 11.2. The van der Waals surface area contributed by atoms with Crippen LogP contribution in [0.3, 0.4) is 0 Å². The number of nitrogens with one attached hydrogen (secondary N) is 1. The minimum atomic E-state index is 0.547. The summed E-state index contributed by atoms with van der Waals surface area (Å²) in [5.41, 5.74) is 1.25. The van der Waals surface area contributed by atoms with E-state index in [0.29, 0.717) is 6.04 Å². The van der Waals surface area contributed by atoms with Gasteiger partial charge >= 0.3 is 0 Å². The van der Waals surface area contributed by atoms with Crippen molar-refractivity contribution in [1.82, 2.24) is 0 Å². The average molecular weight is 303 g/mol. The van der Waals surface area contributed by atoms with Gasteiger partial charge in [-0.15, -0.1) is 0 Å². The zero-order valence-electron chi connectivity index (χ0n) is 9.05. The third-order valence-corrected chi connectivity index (χ3v) is 3.04. The largest absolute Gasteiger partial charge is 0.382 e. The van der Waals surface area contributed by atoms with E-state index in [2.05, 4.69) is 72.9 Å². The van der Waals surface area contributed by atoms with Crippen molar-refractivity contribution in [1.29, 1.82) is 0 Å². The lowest BCUT2D eigenvalue weighted by Crippen LogP contribution is -2.17. The maximum Gasteiger partial charge on any atom is 0.0477 e. The Kier molecular flexibility index (Phi) is 4.72. The molecule has 0 heterocycles. The van der Waals surface area contributed by atoms with Crippen LogP contribution in [-0.4, -0.2) is 6.04 Å². The Morgan fingerprint density at radius 2 is 1.86 bits per heavy atom. The minimum Gasteiger partial charge on any atom is -0.382 e. The van der Waals surface area contributed by atoms with Crippen molar-refractivity contribution >= 4 is 28.3 Å². The molecule has 0 bridgehead atoms. The molecule has 0 saturated carbocycles. The lowest BCUT2D eigenvalue weighted by Gasteiger charge is -2.18. The van der Waals surface area contributed by atoms with Crippen LogP contribution in [0.2, 0.25) is 0 Å². The number of hydrogen-bond acceptors (Lipinski definition) is 1. The molecule has 1 atom stereocenters. The molecule has 0 aliphatic rings. The molecule has 14 heavy (non-hydrogen) atoms. The molecule has 2 heteroatoms. The minimum absolute atomic E-state index is 0.547. The van der Waals surface area contributed by atoms with Gasteiger partial charge in [0, 0.05) is 15.3 Å². The molecule has 1 nitrogen and oxygen atoms in total. The Hall–Kier alpha value is -0.250. The molecular weight excluding hydrogens is 285 g/mol. The van der Waals surface area contributed by atoms with Crippen LogP contribution in [0.5, 0.6) is 0 Å². The number of halogens is 1. The van der Waals surface area contributed by atoms with Gasteiger partial charge < -0.3 is 5.32 Å². The van der Waals surface area contributed by atoms with E-state index < -0.39 is 0 Å². The van der Waals surface area contributed by atoms with Gasteiger partial charge in [-0.05, 0) is 54.0 Å². The van der Waals surface area contributed by atoms with E-state index in [-0.39, 0.29) is 0 Å². The van der Waals surface area contributed by atoms with Crippen molar-refractivity contribution in [3.05, 3.63) is 27.8 Å². The SMILES string of the molecule is CC(C)CC(C)Nc1ccccc1I. The van der Waals surface area contributed by atoms with Crippen LogP contribution in [0.1, 0.15) is 27.2 Å². The molecule has 0 aliphatic carbocycles. The highest BCUT2D eigenvalue weighted by Crippen LogP contribution is 2.19. The van der Waals surface area contributed by atoms with E-state index in [1.165, 1.54) is 15.7 Å². The third kappa shape index (κ3) is 3.86. The van der Waals surface area contributed by atoms with E-state index in [0.717, 1.165) is 5.92 Å². The normalized spacial score (nSPS) is 12.9. The lowest BCUT2D eigenvalue weighted by molar-refractivity contribution is 0.539. The molecule has 1 N–H and O–H groups in total. The van der Waals surface area contributed by atoms with Gasteiger partial charge in [-0.1, -0.05) is 26.0 Å². The number of benzene rings is 1. The van der Waals surface area contributed by atoms with Crippen LogP contribution in [-0.2, 0) is 0 Å². The predicted molar refractivity (Wildman–Crippen MR) is 71.7 cm³/mol. The number of para-hydroxylation sites is 1. The van der Waals surface area contributed by atoms with Gasteiger partial charge in [0.1, 0.15) is 0 Å². The van der Waals surface area contributed by atoms with E-state index in [4.69, 9.17) is 0 Å². The summed E-state index contributed by atoms with van der Waals surface area (Å²) in [6, 6.07) is 8.96.